The average molecular weight is 340 g/mol. The average Bonchev–Trinajstić information content (AvgIpc) is 2.54. The smallest absolute Gasteiger partial charge is 0.308 e. The van der Waals surface area contributed by atoms with E-state index in [9.17, 15) is 13.2 Å². The second-order valence-electron chi connectivity index (χ2n) is 7.63. The van der Waals surface area contributed by atoms with Gasteiger partial charge in [0.15, 0.2) is 0 Å². The maximum Gasteiger partial charge on any atom is 0.416 e. The van der Waals surface area contributed by atoms with Crippen molar-refractivity contribution in [3.63, 3.8) is 0 Å². The number of piperidine rings is 3. The molecule has 2 unspecified atom stereocenters. The highest BCUT2D eigenvalue weighted by Crippen LogP contribution is 2.36. The van der Waals surface area contributed by atoms with Crippen molar-refractivity contribution in [2.45, 2.75) is 57.9 Å². The third-order valence-corrected chi connectivity index (χ3v) is 5.53. The Labute approximate surface area is 142 Å². The molecule has 1 N–H and O–H groups in total. The van der Waals surface area contributed by atoms with Gasteiger partial charge in [0.1, 0.15) is 0 Å². The molecule has 0 spiro atoms. The number of nitrogens with zero attached hydrogens (tertiary/aromatic N) is 1. The van der Waals surface area contributed by atoms with Gasteiger partial charge in [-0.05, 0) is 55.8 Å². The molecule has 3 aliphatic heterocycles. The lowest BCUT2D eigenvalue weighted by Gasteiger charge is -2.52. The van der Waals surface area contributed by atoms with E-state index in [1.54, 1.807) is 12.1 Å². The first-order valence-corrected chi connectivity index (χ1v) is 8.99. The molecule has 0 radical (unpaired) electrons. The van der Waals surface area contributed by atoms with E-state index in [-0.39, 0.29) is 0 Å². The third kappa shape index (κ3) is 3.77. The van der Waals surface area contributed by atoms with Crippen LogP contribution >= 0.6 is 0 Å². The van der Waals surface area contributed by atoms with Crippen molar-refractivity contribution in [2.24, 2.45) is 11.8 Å². The van der Waals surface area contributed by atoms with Gasteiger partial charge in [-0.15, -0.1) is 0 Å². The van der Waals surface area contributed by atoms with Crippen molar-refractivity contribution in [1.29, 1.82) is 0 Å². The van der Waals surface area contributed by atoms with Crippen molar-refractivity contribution in [1.82, 2.24) is 10.2 Å². The maximum absolute atomic E-state index is 13.2. The summed E-state index contributed by atoms with van der Waals surface area (Å²) in [4.78, 5) is 2.54. The Kier molecular flexibility index (Phi) is 5.21. The number of rotatable bonds is 5. The SMILES string of the molecule is CC(C)CC1C(NCc2ccccc2C(F)(F)F)C2CCN1CC2. The molecule has 0 aliphatic carbocycles. The van der Waals surface area contributed by atoms with Crippen LogP contribution in [0.5, 0.6) is 0 Å². The Morgan fingerprint density at radius 2 is 1.83 bits per heavy atom. The van der Waals surface area contributed by atoms with E-state index in [0.29, 0.717) is 36.0 Å². The lowest BCUT2D eigenvalue weighted by atomic mass is 9.76. The summed E-state index contributed by atoms with van der Waals surface area (Å²) in [6.45, 7) is 7.01. The van der Waals surface area contributed by atoms with Gasteiger partial charge in [-0.1, -0.05) is 32.0 Å². The molecular weight excluding hydrogens is 313 g/mol. The highest BCUT2D eigenvalue weighted by molar-refractivity contribution is 5.29. The van der Waals surface area contributed by atoms with Crippen LogP contribution in [0.2, 0.25) is 0 Å². The molecule has 3 aliphatic rings. The first-order valence-electron chi connectivity index (χ1n) is 8.99. The van der Waals surface area contributed by atoms with Crippen LogP contribution in [0, 0.1) is 11.8 Å². The first-order chi connectivity index (χ1) is 11.4. The molecule has 2 nitrogen and oxygen atoms in total. The van der Waals surface area contributed by atoms with Gasteiger partial charge in [-0.3, -0.25) is 4.90 Å². The summed E-state index contributed by atoms with van der Waals surface area (Å²) in [7, 11) is 0. The third-order valence-electron chi connectivity index (χ3n) is 5.53. The summed E-state index contributed by atoms with van der Waals surface area (Å²) < 4.78 is 39.5. The molecule has 3 saturated heterocycles. The number of nitrogens with one attached hydrogen (secondary N) is 1. The van der Waals surface area contributed by atoms with E-state index >= 15 is 0 Å². The van der Waals surface area contributed by atoms with Gasteiger partial charge in [0.25, 0.3) is 0 Å². The summed E-state index contributed by atoms with van der Waals surface area (Å²) in [5.41, 5.74) is -0.163. The fourth-order valence-corrected chi connectivity index (χ4v) is 4.41. The number of hydrogen-bond acceptors (Lipinski definition) is 2. The topological polar surface area (TPSA) is 15.3 Å². The fraction of sp³-hybridized carbons (Fsp3) is 0.684. The highest BCUT2D eigenvalue weighted by Gasteiger charge is 2.42. The van der Waals surface area contributed by atoms with Gasteiger partial charge in [0, 0.05) is 18.6 Å². The van der Waals surface area contributed by atoms with Crippen LogP contribution < -0.4 is 5.32 Å². The molecule has 5 heteroatoms. The number of benzene rings is 1. The van der Waals surface area contributed by atoms with Crippen molar-refractivity contribution < 1.29 is 13.2 Å². The molecule has 24 heavy (non-hydrogen) atoms. The van der Waals surface area contributed by atoms with Crippen LogP contribution in [0.25, 0.3) is 0 Å². The minimum absolute atomic E-state index is 0.291. The van der Waals surface area contributed by atoms with Gasteiger partial charge in [-0.2, -0.15) is 13.2 Å². The van der Waals surface area contributed by atoms with Gasteiger partial charge >= 0.3 is 6.18 Å². The first kappa shape index (κ1) is 17.7. The molecule has 1 aromatic rings. The molecule has 0 saturated carbocycles. The van der Waals surface area contributed by atoms with Gasteiger partial charge in [-0.25, -0.2) is 0 Å². The van der Waals surface area contributed by atoms with E-state index in [0.717, 1.165) is 32.4 Å². The lowest BCUT2D eigenvalue weighted by Crippen LogP contribution is -2.62. The standard InChI is InChI=1S/C19H27F3N2/c1-13(2)11-17-18(14-7-9-24(17)10-8-14)23-12-15-5-3-4-6-16(15)19(20,21)22/h3-6,13-14,17-18,23H,7-12H2,1-2H3. The van der Waals surface area contributed by atoms with Crippen LogP contribution in [0.4, 0.5) is 13.2 Å². The van der Waals surface area contributed by atoms with Crippen molar-refractivity contribution in [3.05, 3.63) is 35.4 Å². The largest absolute Gasteiger partial charge is 0.416 e. The maximum atomic E-state index is 13.2. The zero-order valence-electron chi connectivity index (χ0n) is 14.4. The molecule has 134 valence electrons. The van der Waals surface area contributed by atoms with E-state index in [2.05, 4.69) is 24.1 Å². The van der Waals surface area contributed by atoms with Gasteiger partial charge < -0.3 is 5.32 Å². The van der Waals surface area contributed by atoms with E-state index < -0.39 is 11.7 Å². The Morgan fingerprint density at radius 3 is 2.46 bits per heavy atom. The molecule has 0 aromatic heterocycles. The Bertz CT molecular complexity index is 548. The Morgan fingerprint density at radius 1 is 1.17 bits per heavy atom. The minimum Gasteiger partial charge on any atom is -0.308 e. The second kappa shape index (κ2) is 7.04. The predicted octanol–water partition coefficient (Wildman–Crippen LogP) is 4.30. The molecule has 4 rings (SSSR count). The van der Waals surface area contributed by atoms with Crippen molar-refractivity contribution >= 4 is 0 Å². The lowest BCUT2D eigenvalue weighted by molar-refractivity contribution is -0.138. The van der Waals surface area contributed by atoms with E-state index in [4.69, 9.17) is 0 Å². The summed E-state index contributed by atoms with van der Waals surface area (Å²) in [6.07, 6.45) is -0.861. The highest BCUT2D eigenvalue weighted by atomic mass is 19.4. The van der Waals surface area contributed by atoms with Crippen LogP contribution in [-0.2, 0) is 12.7 Å². The zero-order valence-corrected chi connectivity index (χ0v) is 14.4. The minimum atomic E-state index is -4.29. The van der Waals surface area contributed by atoms with Gasteiger partial charge in [0.05, 0.1) is 5.56 Å². The van der Waals surface area contributed by atoms with Crippen molar-refractivity contribution in [2.75, 3.05) is 13.1 Å². The van der Waals surface area contributed by atoms with Crippen LogP contribution in [0.15, 0.2) is 24.3 Å². The van der Waals surface area contributed by atoms with E-state index in [1.807, 2.05) is 0 Å². The molecule has 1 aromatic carbocycles. The van der Waals surface area contributed by atoms with Gasteiger partial charge in [0.2, 0.25) is 0 Å². The molecule has 0 amide bonds. The van der Waals surface area contributed by atoms with Crippen molar-refractivity contribution in [3.8, 4) is 0 Å². The predicted molar refractivity (Wildman–Crippen MR) is 89.6 cm³/mol. The monoisotopic (exact) mass is 340 g/mol. The summed E-state index contributed by atoms with van der Waals surface area (Å²) >= 11 is 0. The Balaban J connectivity index is 1.73. The molecule has 3 fully saturated rings. The fourth-order valence-electron chi connectivity index (χ4n) is 4.41. The molecular formula is C19H27F3N2. The molecule has 2 atom stereocenters. The summed E-state index contributed by atoms with van der Waals surface area (Å²) in [5, 5.41) is 3.50. The Hall–Kier alpha value is -1.07. The van der Waals surface area contributed by atoms with Crippen LogP contribution in [0.1, 0.15) is 44.2 Å². The quantitative estimate of drug-likeness (QED) is 0.859. The normalized spacial score (nSPS) is 30.1. The molecule has 2 bridgehead atoms. The number of hydrogen-bond donors (Lipinski definition) is 1. The van der Waals surface area contributed by atoms with E-state index in [1.165, 1.54) is 12.1 Å². The number of fused-ring (bicyclic) bond motifs is 3. The second-order valence-corrected chi connectivity index (χ2v) is 7.63. The van der Waals surface area contributed by atoms with Crippen LogP contribution in [-0.4, -0.2) is 30.1 Å². The van der Waals surface area contributed by atoms with Crippen LogP contribution in [0.3, 0.4) is 0 Å². The number of halogens is 3. The summed E-state index contributed by atoms with van der Waals surface area (Å²) in [6, 6.07) is 6.68. The summed E-state index contributed by atoms with van der Waals surface area (Å²) in [5.74, 6) is 1.19. The molecule has 3 heterocycles. The number of alkyl halides is 3. The zero-order chi connectivity index (χ0) is 17.3.